The molecule has 1 N–H and O–H groups in total. The molecular weight excluding hydrogens is 264 g/mol. The van der Waals surface area contributed by atoms with Crippen LogP contribution < -0.4 is 5.32 Å². The molecule has 2 aromatic rings. The second-order valence-electron chi connectivity index (χ2n) is 5.81. The quantitative estimate of drug-likeness (QED) is 0.916. The Morgan fingerprint density at radius 3 is 2.86 bits per heavy atom. The predicted octanol–water partition coefficient (Wildman–Crippen LogP) is 2.20. The van der Waals surface area contributed by atoms with Crippen molar-refractivity contribution < 1.29 is 4.74 Å². The fourth-order valence-electron chi connectivity index (χ4n) is 2.75. The van der Waals surface area contributed by atoms with Crippen LogP contribution in [0.5, 0.6) is 0 Å². The summed E-state index contributed by atoms with van der Waals surface area (Å²) in [6.07, 6.45) is 2.07. The number of morpholine rings is 1. The number of rotatable bonds is 5. The van der Waals surface area contributed by atoms with Gasteiger partial charge in [-0.1, -0.05) is 19.9 Å². The predicted molar refractivity (Wildman–Crippen MR) is 85.0 cm³/mol. The van der Waals surface area contributed by atoms with E-state index < -0.39 is 0 Å². The second-order valence-corrected chi connectivity index (χ2v) is 5.81. The molecule has 1 fully saturated rings. The first-order valence-electron chi connectivity index (χ1n) is 7.76. The van der Waals surface area contributed by atoms with Gasteiger partial charge in [0.2, 0.25) is 0 Å². The van der Waals surface area contributed by atoms with Crippen molar-refractivity contribution >= 4 is 11.5 Å². The molecule has 1 aliphatic heterocycles. The van der Waals surface area contributed by atoms with Crippen LogP contribution in [0.25, 0.3) is 5.65 Å². The van der Waals surface area contributed by atoms with Gasteiger partial charge in [-0.2, -0.15) is 0 Å². The maximum atomic E-state index is 5.38. The first-order chi connectivity index (χ1) is 10.3. The number of hydrogen-bond donors (Lipinski definition) is 1. The number of pyridine rings is 1. The van der Waals surface area contributed by atoms with Crippen molar-refractivity contribution in [3.05, 3.63) is 30.1 Å². The van der Waals surface area contributed by atoms with E-state index in [9.17, 15) is 0 Å². The third kappa shape index (κ3) is 3.19. The van der Waals surface area contributed by atoms with E-state index in [0.29, 0.717) is 5.92 Å². The maximum absolute atomic E-state index is 5.38. The molecule has 0 radical (unpaired) electrons. The number of nitrogens with zero attached hydrogens (tertiary/aromatic N) is 3. The highest BCUT2D eigenvalue weighted by Gasteiger charge is 2.15. The Balaban J connectivity index is 1.71. The van der Waals surface area contributed by atoms with Crippen LogP contribution in [-0.2, 0) is 4.74 Å². The van der Waals surface area contributed by atoms with Crippen molar-refractivity contribution in [2.24, 2.45) is 0 Å². The smallest absolute Gasteiger partial charge is 0.138 e. The van der Waals surface area contributed by atoms with Crippen molar-refractivity contribution in [1.29, 1.82) is 0 Å². The zero-order chi connectivity index (χ0) is 14.7. The molecule has 5 heteroatoms. The SMILES string of the molecule is CC(C)c1nc2ccccn2c1NCCN1CCOCC1. The van der Waals surface area contributed by atoms with Gasteiger partial charge < -0.3 is 10.1 Å². The van der Waals surface area contributed by atoms with E-state index in [0.717, 1.165) is 56.6 Å². The van der Waals surface area contributed by atoms with Crippen LogP contribution in [0.3, 0.4) is 0 Å². The van der Waals surface area contributed by atoms with Gasteiger partial charge in [-0.15, -0.1) is 0 Å². The number of ether oxygens (including phenoxy) is 1. The molecular formula is C16H24N4O. The standard InChI is InChI=1S/C16H24N4O/c1-13(2)15-16(20-7-4-3-5-14(20)18-15)17-6-8-19-9-11-21-12-10-19/h3-5,7,13,17H,6,8-12H2,1-2H3. The highest BCUT2D eigenvalue weighted by molar-refractivity contribution is 5.56. The molecule has 0 bridgehead atoms. The lowest BCUT2D eigenvalue weighted by Gasteiger charge is -2.26. The Morgan fingerprint density at radius 1 is 1.29 bits per heavy atom. The molecule has 1 saturated heterocycles. The van der Waals surface area contributed by atoms with Crippen molar-refractivity contribution in [2.75, 3.05) is 44.7 Å². The molecule has 2 aromatic heterocycles. The van der Waals surface area contributed by atoms with E-state index in [2.05, 4.69) is 40.7 Å². The van der Waals surface area contributed by atoms with Gasteiger partial charge >= 0.3 is 0 Å². The van der Waals surface area contributed by atoms with E-state index >= 15 is 0 Å². The lowest BCUT2D eigenvalue weighted by molar-refractivity contribution is 0.0398. The first-order valence-corrected chi connectivity index (χ1v) is 7.76. The zero-order valence-corrected chi connectivity index (χ0v) is 12.9. The van der Waals surface area contributed by atoms with E-state index in [4.69, 9.17) is 9.72 Å². The first kappa shape index (κ1) is 14.4. The number of fused-ring (bicyclic) bond motifs is 1. The number of anilines is 1. The molecule has 0 saturated carbocycles. The molecule has 5 nitrogen and oxygen atoms in total. The Kier molecular flexibility index (Phi) is 4.41. The molecule has 0 unspecified atom stereocenters. The molecule has 0 aliphatic carbocycles. The molecule has 21 heavy (non-hydrogen) atoms. The third-order valence-electron chi connectivity index (χ3n) is 3.93. The Morgan fingerprint density at radius 2 is 2.10 bits per heavy atom. The van der Waals surface area contributed by atoms with Crippen molar-refractivity contribution in [3.63, 3.8) is 0 Å². The topological polar surface area (TPSA) is 41.8 Å². The molecule has 3 heterocycles. The van der Waals surface area contributed by atoms with Gasteiger partial charge in [-0.05, 0) is 18.1 Å². The maximum Gasteiger partial charge on any atom is 0.138 e. The summed E-state index contributed by atoms with van der Waals surface area (Å²) >= 11 is 0. The lowest BCUT2D eigenvalue weighted by atomic mass is 10.1. The average molecular weight is 288 g/mol. The summed E-state index contributed by atoms with van der Waals surface area (Å²) in [6.45, 7) is 10.1. The van der Waals surface area contributed by atoms with Crippen LogP contribution in [0.4, 0.5) is 5.82 Å². The normalized spacial score (nSPS) is 16.7. The van der Waals surface area contributed by atoms with Gasteiger partial charge in [-0.3, -0.25) is 9.30 Å². The zero-order valence-electron chi connectivity index (χ0n) is 12.9. The van der Waals surface area contributed by atoms with Gasteiger partial charge in [0.15, 0.2) is 0 Å². The fourth-order valence-corrected chi connectivity index (χ4v) is 2.75. The fraction of sp³-hybridized carbons (Fsp3) is 0.562. The average Bonchev–Trinajstić information content (AvgIpc) is 2.88. The second kappa shape index (κ2) is 6.45. The molecule has 114 valence electrons. The van der Waals surface area contributed by atoms with Crippen LogP contribution in [0.1, 0.15) is 25.5 Å². The van der Waals surface area contributed by atoms with Gasteiger partial charge in [-0.25, -0.2) is 4.98 Å². The van der Waals surface area contributed by atoms with Gasteiger partial charge in [0, 0.05) is 32.4 Å². The summed E-state index contributed by atoms with van der Waals surface area (Å²) < 4.78 is 7.53. The number of imidazole rings is 1. The Labute approximate surface area is 125 Å². The number of hydrogen-bond acceptors (Lipinski definition) is 4. The van der Waals surface area contributed by atoms with Gasteiger partial charge in [0.1, 0.15) is 11.5 Å². The summed E-state index contributed by atoms with van der Waals surface area (Å²) in [6, 6.07) is 6.13. The minimum absolute atomic E-state index is 0.413. The Hall–Kier alpha value is -1.59. The largest absolute Gasteiger partial charge is 0.379 e. The van der Waals surface area contributed by atoms with Crippen molar-refractivity contribution in [3.8, 4) is 0 Å². The Bertz CT molecular complexity index is 587. The summed E-state index contributed by atoms with van der Waals surface area (Å²) in [4.78, 5) is 7.18. The van der Waals surface area contributed by atoms with Crippen LogP contribution in [-0.4, -0.2) is 53.7 Å². The highest BCUT2D eigenvalue weighted by Crippen LogP contribution is 2.24. The number of aromatic nitrogens is 2. The monoisotopic (exact) mass is 288 g/mol. The summed E-state index contributed by atoms with van der Waals surface area (Å²) in [5.74, 6) is 1.55. The van der Waals surface area contributed by atoms with Gasteiger partial charge in [0.25, 0.3) is 0 Å². The summed E-state index contributed by atoms with van der Waals surface area (Å²) in [7, 11) is 0. The molecule has 0 aromatic carbocycles. The molecule has 0 spiro atoms. The van der Waals surface area contributed by atoms with Crippen LogP contribution in [0.15, 0.2) is 24.4 Å². The van der Waals surface area contributed by atoms with Crippen LogP contribution >= 0.6 is 0 Å². The summed E-state index contributed by atoms with van der Waals surface area (Å²) in [5.41, 5.74) is 2.15. The third-order valence-corrected chi connectivity index (χ3v) is 3.93. The van der Waals surface area contributed by atoms with Gasteiger partial charge in [0.05, 0.1) is 18.9 Å². The number of nitrogens with one attached hydrogen (secondary N) is 1. The van der Waals surface area contributed by atoms with Crippen LogP contribution in [0.2, 0.25) is 0 Å². The van der Waals surface area contributed by atoms with E-state index in [-0.39, 0.29) is 0 Å². The highest BCUT2D eigenvalue weighted by atomic mass is 16.5. The van der Waals surface area contributed by atoms with Crippen molar-refractivity contribution in [1.82, 2.24) is 14.3 Å². The van der Waals surface area contributed by atoms with E-state index in [1.807, 2.05) is 12.1 Å². The lowest BCUT2D eigenvalue weighted by Crippen LogP contribution is -2.39. The summed E-state index contributed by atoms with van der Waals surface area (Å²) in [5, 5.41) is 3.58. The molecule has 0 atom stereocenters. The van der Waals surface area contributed by atoms with Crippen molar-refractivity contribution in [2.45, 2.75) is 19.8 Å². The minimum atomic E-state index is 0.413. The molecule has 3 rings (SSSR count). The van der Waals surface area contributed by atoms with E-state index in [1.54, 1.807) is 0 Å². The van der Waals surface area contributed by atoms with E-state index in [1.165, 1.54) is 0 Å². The molecule has 0 amide bonds. The van der Waals surface area contributed by atoms with Crippen LogP contribution in [0, 0.1) is 0 Å². The molecule has 1 aliphatic rings. The minimum Gasteiger partial charge on any atom is -0.379 e.